The molecule has 0 radical (unpaired) electrons. The number of para-hydroxylation sites is 1. The zero-order chi connectivity index (χ0) is 19.2. The van der Waals surface area contributed by atoms with Crippen LogP contribution in [0.5, 0.6) is 0 Å². The highest BCUT2D eigenvalue weighted by molar-refractivity contribution is 6.13. The summed E-state index contributed by atoms with van der Waals surface area (Å²) in [5.74, 6) is -0.783. The van der Waals surface area contributed by atoms with E-state index in [1.807, 2.05) is 18.2 Å². The number of nitrogens with two attached hydrogens (primary N) is 1. The maximum absolute atomic E-state index is 12.7. The first-order valence-electron chi connectivity index (χ1n) is 9.16. The van der Waals surface area contributed by atoms with Gasteiger partial charge in [-0.1, -0.05) is 42.5 Å². The number of nitrogens with one attached hydrogen (secondary N) is 2. The Morgan fingerprint density at radius 1 is 1.04 bits per heavy atom. The summed E-state index contributed by atoms with van der Waals surface area (Å²) in [6, 6.07) is 16.0. The number of piperidine rings is 1. The van der Waals surface area contributed by atoms with E-state index in [0.29, 0.717) is 23.4 Å². The first-order valence-corrected chi connectivity index (χ1v) is 9.16. The molecule has 6 nitrogen and oxygen atoms in total. The van der Waals surface area contributed by atoms with Crippen molar-refractivity contribution < 1.29 is 19.3 Å². The molecule has 27 heavy (non-hydrogen) atoms. The smallest absolute Gasteiger partial charge is 0.279 e. The van der Waals surface area contributed by atoms with E-state index in [1.54, 1.807) is 36.4 Å². The minimum absolute atomic E-state index is 0.134. The first kappa shape index (κ1) is 18.8. The topological polar surface area (TPSA) is 93.7 Å². The van der Waals surface area contributed by atoms with Gasteiger partial charge in [0.1, 0.15) is 0 Å². The lowest BCUT2D eigenvalue weighted by molar-refractivity contribution is -0.899. The van der Waals surface area contributed by atoms with Crippen molar-refractivity contribution in [3.8, 4) is 0 Å². The standard InChI is InChI=1S/C21H23N3O3/c22-21(27)16-9-6-12-24(13-16)14-19(25)23-18-11-5-4-10-17(18)20(26)15-7-2-1-3-8-15/h1-5,7-8,10-11,16H,6,9,12-14H2,(H2,22,27)(H,23,25)/p+1/t16-/m1/s1. The fourth-order valence-corrected chi connectivity index (χ4v) is 3.51. The van der Waals surface area contributed by atoms with E-state index in [0.717, 1.165) is 24.3 Å². The molecule has 1 fully saturated rings. The van der Waals surface area contributed by atoms with Gasteiger partial charge in [-0.2, -0.15) is 0 Å². The molecular weight excluding hydrogens is 342 g/mol. The van der Waals surface area contributed by atoms with Gasteiger partial charge in [-0.15, -0.1) is 0 Å². The second-order valence-corrected chi connectivity index (χ2v) is 6.91. The number of anilines is 1. The number of hydrogen-bond acceptors (Lipinski definition) is 3. The monoisotopic (exact) mass is 366 g/mol. The van der Waals surface area contributed by atoms with E-state index in [1.165, 1.54) is 0 Å². The van der Waals surface area contributed by atoms with Crippen LogP contribution in [-0.2, 0) is 9.59 Å². The second kappa shape index (κ2) is 8.60. The fourth-order valence-electron chi connectivity index (χ4n) is 3.51. The minimum atomic E-state index is -0.300. The van der Waals surface area contributed by atoms with Crippen molar-refractivity contribution in [3.05, 3.63) is 65.7 Å². The van der Waals surface area contributed by atoms with Crippen LogP contribution in [0.3, 0.4) is 0 Å². The predicted molar refractivity (Wildman–Crippen MR) is 102 cm³/mol. The molecule has 1 aliphatic heterocycles. The zero-order valence-electron chi connectivity index (χ0n) is 15.1. The summed E-state index contributed by atoms with van der Waals surface area (Å²) in [6.07, 6.45) is 1.66. The molecule has 2 amide bonds. The molecule has 0 spiro atoms. The van der Waals surface area contributed by atoms with Crippen molar-refractivity contribution in [2.75, 3.05) is 25.0 Å². The Bertz CT molecular complexity index is 836. The number of likely N-dealkylation sites (tertiary alicyclic amines) is 1. The molecule has 2 atom stereocenters. The van der Waals surface area contributed by atoms with Gasteiger partial charge in [-0.05, 0) is 25.0 Å². The zero-order valence-corrected chi connectivity index (χ0v) is 15.1. The van der Waals surface area contributed by atoms with Gasteiger partial charge in [0.15, 0.2) is 12.3 Å². The van der Waals surface area contributed by atoms with Gasteiger partial charge in [0.25, 0.3) is 5.91 Å². The van der Waals surface area contributed by atoms with Crippen LogP contribution >= 0.6 is 0 Å². The number of carbonyl (C=O) groups is 3. The second-order valence-electron chi connectivity index (χ2n) is 6.91. The average molecular weight is 366 g/mol. The Morgan fingerprint density at radius 2 is 1.74 bits per heavy atom. The van der Waals surface area contributed by atoms with E-state index < -0.39 is 0 Å². The highest BCUT2D eigenvalue weighted by Crippen LogP contribution is 2.19. The molecule has 0 saturated carbocycles. The van der Waals surface area contributed by atoms with Crippen LogP contribution in [0.25, 0.3) is 0 Å². The SMILES string of the molecule is NC(=O)[C@@H]1CCC[NH+](CC(=O)Nc2ccccc2C(=O)c2ccccc2)C1. The van der Waals surface area contributed by atoms with Crippen LogP contribution in [-0.4, -0.2) is 37.2 Å². The van der Waals surface area contributed by atoms with Gasteiger partial charge in [0, 0.05) is 11.1 Å². The summed E-state index contributed by atoms with van der Waals surface area (Å²) >= 11 is 0. The Hall–Kier alpha value is -2.99. The van der Waals surface area contributed by atoms with Crippen LogP contribution < -0.4 is 16.0 Å². The third kappa shape index (κ3) is 4.80. The number of ketones is 1. The van der Waals surface area contributed by atoms with Crippen LogP contribution in [0, 0.1) is 5.92 Å². The van der Waals surface area contributed by atoms with Gasteiger partial charge in [0.05, 0.1) is 24.7 Å². The molecule has 6 heteroatoms. The molecule has 3 rings (SSSR count). The number of primary amides is 1. The lowest BCUT2D eigenvalue weighted by Gasteiger charge is -2.27. The van der Waals surface area contributed by atoms with Crippen molar-refractivity contribution >= 4 is 23.3 Å². The van der Waals surface area contributed by atoms with Crippen LogP contribution in [0.2, 0.25) is 0 Å². The van der Waals surface area contributed by atoms with E-state index in [2.05, 4.69) is 5.32 Å². The third-order valence-electron chi connectivity index (χ3n) is 4.91. The normalized spacial score (nSPS) is 19.3. The molecule has 0 aliphatic carbocycles. The fraction of sp³-hybridized carbons (Fsp3) is 0.286. The summed E-state index contributed by atoms with van der Waals surface area (Å²) < 4.78 is 0. The Kier molecular flexibility index (Phi) is 5.98. The third-order valence-corrected chi connectivity index (χ3v) is 4.91. The van der Waals surface area contributed by atoms with Crippen molar-refractivity contribution in [2.24, 2.45) is 11.7 Å². The molecule has 1 saturated heterocycles. The largest absolute Gasteiger partial charge is 0.369 e. The average Bonchev–Trinajstić information content (AvgIpc) is 2.68. The molecule has 2 aromatic rings. The Labute approximate surface area is 158 Å². The van der Waals surface area contributed by atoms with Crippen molar-refractivity contribution in [1.29, 1.82) is 0 Å². The molecule has 1 unspecified atom stereocenters. The molecular formula is C21H24N3O3+. The highest BCUT2D eigenvalue weighted by Gasteiger charge is 2.28. The van der Waals surface area contributed by atoms with Gasteiger partial charge in [-0.25, -0.2) is 0 Å². The Balaban J connectivity index is 1.68. The van der Waals surface area contributed by atoms with Crippen molar-refractivity contribution in [2.45, 2.75) is 12.8 Å². The number of amides is 2. The molecule has 2 aromatic carbocycles. The summed E-state index contributed by atoms with van der Waals surface area (Å²) in [5, 5.41) is 2.86. The van der Waals surface area contributed by atoms with E-state index in [9.17, 15) is 14.4 Å². The lowest BCUT2D eigenvalue weighted by atomic mass is 9.97. The van der Waals surface area contributed by atoms with Gasteiger partial charge < -0.3 is 16.0 Å². The van der Waals surface area contributed by atoms with E-state index in [-0.39, 0.29) is 30.1 Å². The van der Waals surface area contributed by atoms with Crippen LogP contribution in [0.1, 0.15) is 28.8 Å². The van der Waals surface area contributed by atoms with E-state index in [4.69, 9.17) is 5.73 Å². The molecule has 0 aromatic heterocycles. The number of benzene rings is 2. The molecule has 0 bridgehead atoms. The summed E-state index contributed by atoms with van der Waals surface area (Å²) in [5.41, 5.74) is 6.93. The number of hydrogen-bond donors (Lipinski definition) is 3. The molecule has 4 N–H and O–H groups in total. The van der Waals surface area contributed by atoms with Gasteiger partial charge in [-0.3, -0.25) is 14.4 Å². The minimum Gasteiger partial charge on any atom is -0.369 e. The molecule has 140 valence electrons. The van der Waals surface area contributed by atoms with Crippen LogP contribution in [0.15, 0.2) is 54.6 Å². The van der Waals surface area contributed by atoms with Crippen molar-refractivity contribution in [1.82, 2.24) is 0 Å². The van der Waals surface area contributed by atoms with Gasteiger partial charge >= 0.3 is 0 Å². The highest BCUT2D eigenvalue weighted by atomic mass is 16.2. The lowest BCUT2D eigenvalue weighted by Crippen LogP contribution is -3.14. The van der Waals surface area contributed by atoms with Gasteiger partial charge in [0.2, 0.25) is 5.91 Å². The maximum atomic E-state index is 12.7. The maximum Gasteiger partial charge on any atom is 0.279 e. The summed E-state index contributed by atoms with van der Waals surface area (Å²) in [6.45, 7) is 1.66. The predicted octanol–water partition coefficient (Wildman–Crippen LogP) is 0.636. The molecule has 1 aliphatic rings. The summed E-state index contributed by atoms with van der Waals surface area (Å²) in [4.78, 5) is 37.7. The number of carbonyl (C=O) groups excluding carboxylic acids is 3. The number of quaternary nitrogens is 1. The van der Waals surface area contributed by atoms with E-state index >= 15 is 0 Å². The Morgan fingerprint density at radius 3 is 2.48 bits per heavy atom. The van der Waals surface area contributed by atoms with Crippen LogP contribution in [0.4, 0.5) is 5.69 Å². The quantitative estimate of drug-likeness (QED) is 0.655. The van der Waals surface area contributed by atoms with Crippen molar-refractivity contribution in [3.63, 3.8) is 0 Å². The molecule has 1 heterocycles. The first-order chi connectivity index (χ1) is 13.0. The summed E-state index contributed by atoms with van der Waals surface area (Å²) in [7, 11) is 0. The number of rotatable bonds is 6.